The van der Waals surface area contributed by atoms with Crippen molar-refractivity contribution in [2.24, 2.45) is 5.84 Å². The van der Waals surface area contributed by atoms with Crippen LogP contribution in [0.2, 0.25) is 0 Å². The fourth-order valence-corrected chi connectivity index (χ4v) is 1.70. The highest BCUT2D eigenvalue weighted by atomic mass is 32.1. The fourth-order valence-electron chi connectivity index (χ4n) is 1.57. The Morgan fingerprint density at radius 3 is 2.40 bits per heavy atom. The molecule has 1 aromatic rings. The predicted molar refractivity (Wildman–Crippen MR) is 76.8 cm³/mol. The van der Waals surface area contributed by atoms with Gasteiger partial charge in [-0.05, 0) is 29.9 Å². The lowest BCUT2D eigenvalue weighted by Gasteiger charge is -2.23. The smallest absolute Gasteiger partial charge is 0.331 e. The van der Waals surface area contributed by atoms with E-state index in [9.17, 15) is 9.90 Å². The Labute approximate surface area is 122 Å². The van der Waals surface area contributed by atoms with Crippen molar-refractivity contribution < 1.29 is 19.4 Å². The molecule has 0 radical (unpaired) electrons. The molecule has 0 fully saturated rings. The number of carbonyl (C=O) groups is 1. The van der Waals surface area contributed by atoms with Gasteiger partial charge in [0.2, 0.25) is 0 Å². The summed E-state index contributed by atoms with van der Waals surface area (Å²) in [6.45, 7) is 0. The lowest BCUT2D eigenvalue weighted by Crippen LogP contribution is -2.51. The number of esters is 1. The topological polar surface area (TPSA) is 106 Å². The number of hydrogen-bond donors (Lipinski definition) is 4. The Balaban J connectivity index is 2.93. The number of carbonyl (C=O) groups excluding carboxylic acids is 1. The van der Waals surface area contributed by atoms with Crippen LogP contribution < -0.4 is 21.3 Å². The van der Waals surface area contributed by atoms with E-state index in [1.54, 1.807) is 24.3 Å². The van der Waals surface area contributed by atoms with Crippen LogP contribution in [0.1, 0.15) is 11.7 Å². The van der Waals surface area contributed by atoms with E-state index in [1.807, 2.05) is 0 Å². The van der Waals surface area contributed by atoms with Crippen LogP contribution >= 0.6 is 12.2 Å². The van der Waals surface area contributed by atoms with Gasteiger partial charge in [-0.1, -0.05) is 12.1 Å². The summed E-state index contributed by atoms with van der Waals surface area (Å²) in [4.78, 5) is 11.7. The number of aliphatic hydroxyl groups is 1. The van der Waals surface area contributed by atoms with Gasteiger partial charge < -0.3 is 25.3 Å². The molecule has 110 valence electrons. The Hall–Kier alpha value is -1.90. The van der Waals surface area contributed by atoms with E-state index in [0.29, 0.717) is 11.3 Å². The largest absolute Gasteiger partial charge is 0.497 e. The summed E-state index contributed by atoms with van der Waals surface area (Å²) in [5.41, 5.74) is 2.69. The zero-order valence-electron chi connectivity index (χ0n) is 11.1. The van der Waals surface area contributed by atoms with Crippen LogP contribution in [0.3, 0.4) is 0 Å². The van der Waals surface area contributed by atoms with E-state index in [4.69, 9.17) is 22.8 Å². The molecule has 20 heavy (non-hydrogen) atoms. The molecule has 1 aromatic carbocycles. The first-order valence-corrected chi connectivity index (χ1v) is 6.11. The highest BCUT2D eigenvalue weighted by Gasteiger charge is 2.29. The molecule has 0 saturated carbocycles. The molecule has 0 aliphatic carbocycles. The van der Waals surface area contributed by atoms with Crippen LogP contribution in [0.5, 0.6) is 5.75 Å². The molecule has 0 aliphatic heterocycles. The van der Waals surface area contributed by atoms with Crippen LogP contribution in [0.15, 0.2) is 24.3 Å². The maximum absolute atomic E-state index is 11.7. The van der Waals surface area contributed by atoms with E-state index in [-0.39, 0.29) is 5.11 Å². The third kappa shape index (κ3) is 4.05. The number of rotatable bonds is 5. The lowest BCUT2D eigenvalue weighted by molar-refractivity contribution is -0.145. The number of hydrazine groups is 1. The van der Waals surface area contributed by atoms with Gasteiger partial charge in [-0.15, -0.1) is 0 Å². The average molecular weight is 299 g/mol. The molecule has 2 atom stereocenters. The van der Waals surface area contributed by atoms with Crippen molar-refractivity contribution in [1.29, 1.82) is 0 Å². The van der Waals surface area contributed by atoms with Crippen LogP contribution in [0.4, 0.5) is 0 Å². The van der Waals surface area contributed by atoms with E-state index in [2.05, 4.69) is 15.5 Å². The van der Waals surface area contributed by atoms with Gasteiger partial charge in [0.25, 0.3) is 0 Å². The van der Waals surface area contributed by atoms with Gasteiger partial charge in [0.1, 0.15) is 11.9 Å². The third-order valence-electron chi connectivity index (χ3n) is 2.65. The highest BCUT2D eigenvalue weighted by molar-refractivity contribution is 7.80. The minimum absolute atomic E-state index is 0.0213. The standard InChI is InChI=1S/C12H17N3O4S/c1-18-8-5-3-7(4-6-8)10(16)9(11(17)19-2)14-12(20)15-13/h3-6,9-10,16H,13H2,1-2H3,(H2,14,15,20). The molecule has 7 nitrogen and oxygen atoms in total. The summed E-state index contributed by atoms with van der Waals surface area (Å²) in [6.07, 6.45) is -1.15. The summed E-state index contributed by atoms with van der Waals surface area (Å²) in [5.74, 6) is 5.11. The SMILES string of the molecule is COC(=O)C(NC(=S)NN)C(O)c1ccc(OC)cc1. The van der Waals surface area contributed by atoms with Crippen molar-refractivity contribution in [3.05, 3.63) is 29.8 Å². The minimum Gasteiger partial charge on any atom is -0.497 e. The Morgan fingerprint density at radius 2 is 1.95 bits per heavy atom. The van der Waals surface area contributed by atoms with Gasteiger partial charge >= 0.3 is 5.97 Å². The molecule has 0 aliphatic rings. The molecule has 0 amide bonds. The number of thiocarbonyl (C=S) groups is 1. The van der Waals surface area contributed by atoms with Gasteiger partial charge in [-0.2, -0.15) is 0 Å². The number of nitrogens with two attached hydrogens (primary N) is 1. The molecule has 2 unspecified atom stereocenters. The molecule has 0 aromatic heterocycles. The summed E-state index contributed by atoms with van der Waals surface area (Å²) in [7, 11) is 2.76. The molecule has 0 bridgehead atoms. The molecular weight excluding hydrogens is 282 g/mol. The second-order valence-electron chi connectivity index (χ2n) is 3.84. The van der Waals surface area contributed by atoms with Gasteiger partial charge in [0.05, 0.1) is 14.2 Å². The number of ether oxygens (including phenoxy) is 2. The molecule has 0 heterocycles. The van der Waals surface area contributed by atoms with Crippen molar-refractivity contribution in [2.45, 2.75) is 12.1 Å². The number of hydrogen-bond acceptors (Lipinski definition) is 6. The first-order chi connectivity index (χ1) is 9.53. The number of nitrogens with one attached hydrogen (secondary N) is 2. The van der Waals surface area contributed by atoms with E-state index in [0.717, 1.165) is 0 Å². The lowest BCUT2D eigenvalue weighted by atomic mass is 10.0. The van der Waals surface area contributed by atoms with Gasteiger partial charge in [0, 0.05) is 0 Å². The van der Waals surface area contributed by atoms with E-state index in [1.165, 1.54) is 14.2 Å². The average Bonchev–Trinajstić information content (AvgIpc) is 2.50. The van der Waals surface area contributed by atoms with Gasteiger partial charge in [-0.25, -0.2) is 10.6 Å². The molecule has 0 saturated heterocycles. The zero-order valence-corrected chi connectivity index (χ0v) is 11.9. The van der Waals surface area contributed by atoms with E-state index < -0.39 is 18.1 Å². The van der Waals surface area contributed by atoms with Crippen LogP contribution in [0, 0.1) is 0 Å². The Bertz CT molecular complexity index is 466. The Morgan fingerprint density at radius 1 is 1.35 bits per heavy atom. The van der Waals surface area contributed by atoms with Crippen molar-refractivity contribution in [1.82, 2.24) is 10.7 Å². The van der Waals surface area contributed by atoms with E-state index >= 15 is 0 Å². The maximum atomic E-state index is 11.7. The minimum atomic E-state index is -1.15. The first-order valence-electron chi connectivity index (χ1n) is 5.70. The molecular formula is C12H17N3O4S. The van der Waals surface area contributed by atoms with Crippen LogP contribution in [-0.4, -0.2) is 36.4 Å². The maximum Gasteiger partial charge on any atom is 0.331 e. The van der Waals surface area contributed by atoms with Gasteiger partial charge in [-0.3, -0.25) is 0 Å². The predicted octanol–water partition coefficient (Wildman–Crippen LogP) is -0.392. The normalized spacial score (nSPS) is 13.0. The van der Waals surface area contributed by atoms with Crippen molar-refractivity contribution in [3.8, 4) is 5.75 Å². The van der Waals surface area contributed by atoms with Crippen LogP contribution in [-0.2, 0) is 9.53 Å². The zero-order chi connectivity index (χ0) is 15.1. The summed E-state index contributed by atoms with van der Waals surface area (Å²) in [6, 6.07) is 5.55. The van der Waals surface area contributed by atoms with Crippen molar-refractivity contribution >= 4 is 23.3 Å². The fraction of sp³-hybridized carbons (Fsp3) is 0.333. The summed E-state index contributed by atoms with van der Waals surface area (Å²) in [5, 5.41) is 12.9. The number of benzene rings is 1. The summed E-state index contributed by atoms with van der Waals surface area (Å²) >= 11 is 4.82. The molecule has 8 heteroatoms. The molecule has 1 rings (SSSR count). The number of aliphatic hydroxyl groups excluding tert-OH is 1. The second kappa shape index (κ2) is 7.63. The first kappa shape index (κ1) is 16.2. The second-order valence-corrected chi connectivity index (χ2v) is 4.24. The van der Waals surface area contributed by atoms with Crippen molar-refractivity contribution in [2.75, 3.05) is 14.2 Å². The quantitative estimate of drug-likeness (QED) is 0.252. The van der Waals surface area contributed by atoms with Crippen molar-refractivity contribution in [3.63, 3.8) is 0 Å². The van der Waals surface area contributed by atoms with Gasteiger partial charge in [0.15, 0.2) is 11.2 Å². The monoisotopic (exact) mass is 299 g/mol. The Kier molecular flexibility index (Phi) is 6.16. The summed E-state index contributed by atoms with van der Waals surface area (Å²) < 4.78 is 9.65. The molecule has 0 spiro atoms. The van der Waals surface area contributed by atoms with Crippen LogP contribution in [0.25, 0.3) is 0 Å². The molecule has 5 N–H and O–H groups in total. The number of methoxy groups -OCH3 is 2. The highest BCUT2D eigenvalue weighted by Crippen LogP contribution is 2.21. The third-order valence-corrected chi connectivity index (χ3v) is 2.88.